The van der Waals surface area contributed by atoms with Gasteiger partial charge >= 0.3 is 0 Å². The molecule has 0 saturated carbocycles. The van der Waals surface area contributed by atoms with Gasteiger partial charge in [-0.1, -0.05) is 6.92 Å². The first-order chi connectivity index (χ1) is 9.85. The summed E-state index contributed by atoms with van der Waals surface area (Å²) < 4.78 is 1.57. The minimum Gasteiger partial charge on any atom is -0.396 e. The second-order valence-corrected chi connectivity index (χ2v) is 5.22. The van der Waals surface area contributed by atoms with Crippen LogP contribution in [0.2, 0.25) is 0 Å². The standard InChI is InChI=1S/C14H25N5O2/c1-5-9(2)17-12(20)6-7-16-13(21)8-19-11(4)14(15)10(3)18-19/h9H,5-8,15H2,1-4H3,(H,16,21)(H,17,20). The van der Waals surface area contributed by atoms with E-state index in [9.17, 15) is 9.59 Å². The smallest absolute Gasteiger partial charge is 0.241 e. The van der Waals surface area contributed by atoms with E-state index < -0.39 is 0 Å². The molecule has 2 amide bonds. The van der Waals surface area contributed by atoms with Crippen LogP contribution in [0.5, 0.6) is 0 Å². The summed E-state index contributed by atoms with van der Waals surface area (Å²) in [6, 6.07) is 0.158. The maximum absolute atomic E-state index is 11.8. The average Bonchev–Trinajstić information content (AvgIpc) is 2.66. The highest BCUT2D eigenvalue weighted by Crippen LogP contribution is 2.14. The Kier molecular flexibility index (Phi) is 6.20. The van der Waals surface area contributed by atoms with Crippen molar-refractivity contribution in [2.45, 2.75) is 53.1 Å². The summed E-state index contributed by atoms with van der Waals surface area (Å²) in [5.41, 5.74) is 7.91. The van der Waals surface area contributed by atoms with E-state index in [1.807, 2.05) is 20.8 Å². The molecule has 7 heteroatoms. The number of nitrogens with one attached hydrogen (secondary N) is 2. The fraction of sp³-hybridized carbons (Fsp3) is 0.643. The van der Waals surface area contributed by atoms with Crippen molar-refractivity contribution in [2.75, 3.05) is 12.3 Å². The summed E-state index contributed by atoms with van der Waals surface area (Å²) in [5, 5.41) is 9.75. The van der Waals surface area contributed by atoms with Crippen LogP contribution in [0.15, 0.2) is 0 Å². The molecule has 1 rings (SSSR count). The van der Waals surface area contributed by atoms with Crippen molar-refractivity contribution in [2.24, 2.45) is 0 Å². The fourth-order valence-electron chi connectivity index (χ4n) is 1.82. The Labute approximate surface area is 125 Å². The number of hydrogen-bond donors (Lipinski definition) is 3. The molecule has 0 radical (unpaired) electrons. The molecular weight excluding hydrogens is 270 g/mol. The zero-order valence-corrected chi connectivity index (χ0v) is 13.2. The molecule has 1 heterocycles. The molecule has 1 unspecified atom stereocenters. The lowest BCUT2D eigenvalue weighted by Gasteiger charge is -2.11. The third-order valence-electron chi connectivity index (χ3n) is 3.42. The van der Waals surface area contributed by atoms with Crippen LogP contribution < -0.4 is 16.4 Å². The molecule has 0 bridgehead atoms. The highest BCUT2D eigenvalue weighted by atomic mass is 16.2. The largest absolute Gasteiger partial charge is 0.396 e. The predicted molar refractivity (Wildman–Crippen MR) is 81.6 cm³/mol. The molecule has 0 fully saturated rings. The molecule has 0 aliphatic rings. The number of nitrogen functional groups attached to an aromatic ring is 1. The molecule has 0 aliphatic carbocycles. The van der Waals surface area contributed by atoms with E-state index in [1.54, 1.807) is 11.6 Å². The van der Waals surface area contributed by atoms with Crippen LogP contribution in [0.25, 0.3) is 0 Å². The van der Waals surface area contributed by atoms with E-state index in [2.05, 4.69) is 15.7 Å². The van der Waals surface area contributed by atoms with Gasteiger partial charge in [0.2, 0.25) is 11.8 Å². The van der Waals surface area contributed by atoms with Gasteiger partial charge in [0.05, 0.1) is 17.1 Å². The Morgan fingerprint density at radius 3 is 2.52 bits per heavy atom. The quantitative estimate of drug-likeness (QED) is 0.681. The lowest BCUT2D eigenvalue weighted by molar-refractivity contribution is -0.123. The second-order valence-electron chi connectivity index (χ2n) is 5.22. The highest BCUT2D eigenvalue weighted by Gasteiger charge is 2.11. The molecule has 21 heavy (non-hydrogen) atoms. The number of hydrogen-bond acceptors (Lipinski definition) is 4. The summed E-state index contributed by atoms with van der Waals surface area (Å²) >= 11 is 0. The van der Waals surface area contributed by atoms with Crippen molar-refractivity contribution >= 4 is 17.5 Å². The Morgan fingerprint density at radius 2 is 2.00 bits per heavy atom. The number of amides is 2. The van der Waals surface area contributed by atoms with Crippen molar-refractivity contribution in [1.29, 1.82) is 0 Å². The Bertz CT molecular complexity index is 510. The zero-order valence-electron chi connectivity index (χ0n) is 13.2. The third kappa shape index (κ3) is 5.09. The molecule has 0 saturated heterocycles. The zero-order chi connectivity index (χ0) is 16.0. The maximum atomic E-state index is 11.8. The summed E-state index contributed by atoms with van der Waals surface area (Å²) in [6.07, 6.45) is 1.16. The summed E-state index contributed by atoms with van der Waals surface area (Å²) in [6.45, 7) is 8.00. The van der Waals surface area contributed by atoms with Gasteiger partial charge in [0, 0.05) is 19.0 Å². The minimum atomic E-state index is -0.183. The molecule has 118 valence electrons. The number of aromatic nitrogens is 2. The van der Waals surface area contributed by atoms with Gasteiger partial charge in [-0.2, -0.15) is 5.10 Å². The first-order valence-corrected chi connectivity index (χ1v) is 7.20. The van der Waals surface area contributed by atoms with E-state index in [1.165, 1.54) is 0 Å². The highest BCUT2D eigenvalue weighted by molar-refractivity contribution is 5.79. The monoisotopic (exact) mass is 295 g/mol. The number of nitrogens with two attached hydrogens (primary N) is 1. The van der Waals surface area contributed by atoms with Crippen molar-refractivity contribution in [3.63, 3.8) is 0 Å². The molecule has 1 atom stereocenters. The van der Waals surface area contributed by atoms with Crippen LogP contribution in [-0.2, 0) is 16.1 Å². The van der Waals surface area contributed by atoms with Gasteiger partial charge in [0.15, 0.2) is 0 Å². The van der Waals surface area contributed by atoms with Crippen molar-refractivity contribution in [1.82, 2.24) is 20.4 Å². The molecule has 7 nitrogen and oxygen atoms in total. The minimum absolute atomic E-state index is 0.0555. The van der Waals surface area contributed by atoms with Gasteiger partial charge in [-0.25, -0.2) is 0 Å². The van der Waals surface area contributed by atoms with Crippen LogP contribution in [0.4, 0.5) is 5.69 Å². The van der Waals surface area contributed by atoms with E-state index >= 15 is 0 Å². The van der Waals surface area contributed by atoms with Crippen LogP contribution >= 0.6 is 0 Å². The fourth-order valence-corrected chi connectivity index (χ4v) is 1.82. The van der Waals surface area contributed by atoms with Gasteiger partial charge in [-0.05, 0) is 27.2 Å². The Hall–Kier alpha value is -2.05. The van der Waals surface area contributed by atoms with Crippen molar-refractivity contribution in [3.05, 3.63) is 11.4 Å². The predicted octanol–water partition coefficient (Wildman–Crippen LogP) is 0.503. The lowest BCUT2D eigenvalue weighted by Crippen LogP contribution is -2.36. The summed E-state index contributed by atoms with van der Waals surface area (Å²) in [7, 11) is 0. The third-order valence-corrected chi connectivity index (χ3v) is 3.42. The molecule has 4 N–H and O–H groups in total. The number of carbonyl (C=O) groups is 2. The van der Waals surface area contributed by atoms with Crippen LogP contribution in [0.3, 0.4) is 0 Å². The van der Waals surface area contributed by atoms with Crippen LogP contribution in [0, 0.1) is 13.8 Å². The van der Waals surface area contributed by atoms with E-state index in [0.717, 1.165) is 12.1 Å². The van der Waals surface area contributed by atoms with Gasteiger partial charge < -0.3 is 16.4 Å². The topological polar surface area (TPSA) is 102 Å². The van der Waals surface area contributed by atoms with Crippen molar-refractivity contribution < 1.29 is 9.59 Å². The van der Waals surface area contributed by atoms with E-state index in [0.29, 0.717) is 17.9 Å². The summed E-state index contributed by atoms with van der Waals surface area (Å²) in [4.78, 5) is 23.4. The lowest BCUT2D eigenvalue weighted by atomic mass is 10.2. The molecule has 1 aromatic heterocycles. The van der Waals surface area contributed by atoms with Crippen LogP contribution in [0.1, 0.15) is 38.1 Å². The number of rotatable bonds is 7. The number of anilines is 1. The molecule has 0 aromatic carbocycles. The average molecular weight is 295 g/mol. The van der Waals surface area contributed by atoms with E-state index in [-0.39, 0.29) is 30.8 Å². The second kappa shape index (κ2) is 7.66. The molecule has 1 aromatic rings. The Morgan fingerprint density at radius 1 is 1.33 bits per heavy atom. The number of aryl methyl sites for hydroxylation is 1. The van der Waals surface area contributed by atoms with E-state index in [4.69, 9.17) is 5.73 Å². The van der Waals surface area contributed by atoms with Crippen molar-refractivity contribution in [3.8, 4) is 0 Å². The summed E-state index contributed by atoms with van der Waals surface area (Å²) in [5.74, 6) is -0.239. The van der Waals surface area contributed by atoms with Gasteiger partial charge in [-0.15, -0.1) is 0 Å². The maximum Gasteiger partial charge on any atom is 0.241 e. The number of carbonyl (C=O) groups excluding carboxylic acids is 2. The van der Waals surface area contributed by atoms with Gasteiger partial charge in [0.1, 0.15) is 6.54 Å². The molecule has 0 aliphatic heterocycles. The normalized spacial score (nSPS) is 12.0. The van der Waals surface area contributed by atoms with Gasteiger partial charge in [-0.3, -0.25) is 14.3 Å². The van der Waals surface area contributed by atoms with Crippen LogP contribution in [-0.4, -0.2) is 34.2 Å². The molecular formula is C14H25N5O2. The first-order valence-electron chi connectivity index (χ1n) is 7.20. The van der Waals surface area contributed by atoms with Gasteiger partial charge in [0.25, 0.3) is 0 Å². The number of nitrogens with zero attached hydrogens (tertiary/aromatic N) is 2. The first kappa shape index (κ1) is 17.0. The molecule has 0 spiro atoms. The Balaban J connectivity index is 2.34. The SMILES string of the molecule is CCC(C)NC(=O)CCNC(=O)Cn1nc(C)c(N)c1C.